The highest BCUT2D eigenvalue weighted by atomic mass is 35.5. The number of nitrogens with zero attached hydrogens (tertiary/aromatic N) is 3. The van der Waals surface area contributed by atoms with Crippen LogP contribution < -0.4 is 10.2 Å². The largest absolute Gasteiger partial charge is 0.355 e. The van der Waals surface area contributed by atoms with E-state index in [0.29, 0.717) is 12.3 Å². The molecule has 1 aromatic heterocycles. The van der Waals surface area contributed by atoms with Gasteiger partial charge in [-0.3, -0.25) is 19.5 Å². The Balaban J connectivity index is 3.25. The van der Waals surface area contributed by atoms with Crippen LogP contribution in [0.25, 0.3) is 0 Å². The van der Waals surface area contributed by atoms with Gasteiger partial charge in [0.2, 0.25) is 6.41 Å². The van der Waals surface area contributed by atoms with E-state index in [-0.39, 0.29) is 17.4 Å². The molecule has 0 aliphatic carbocycles. The molecular formula is C19H26ClFN4O2. The summed E-state index contributed by atoms with van der Waals surface area (Å²) in [5, 5.41) is 1.99. The Hall–Kier alpha value is -2.28. The lowest BCUT2D eigenvalue weighted by Gasteiger charge is -2.26. The Morgan fingerprint density at radius 2 is 2.00 bits per heavy atom. The third-order valence-corrected chi connectivity index (χ3v) is 4.71. The lowest BCUT2D eigenvalue weighted by molar-refractivity contribution is -0.107. The predicted octanol–water partition coefficient (Wildman–Crippen LogP) is 3.65. The Morgan fingerprint density at radius 1 is 1.37 bits per heavy atom. The van der Waals surface area contributed by atoms with Crippen LogP contribution in [0.1, 0.15) is 45.0 Å². The number of rotatable bonds is 8. The Bertz CT molecular complexity index is 749. The van der Waals surface area contributed by atoms with Crippen LogP contribution in [0.2, 0.25) is 5.15 Å². The second-order valence-corrected chi connectivity index (χ2v) is 6.95. The molecule has 0 fully saturated rings. The predicted molar refractivity (Wildman–Crippen MR) is 107 cm³/mol. The summed E-state index contributed by atoms with van der Waals surface area (Å²) >= 11 is 5.77. The molecule has 6 nitrogen and oxygen atoms in total. The minimum absolute atomic E-state index is 0.0107. The lowest BCUT2D eigenvalue weighted by atomic mass is 10.1. The normalized spacial score (nSPS) is 14.3. The Labute approximate surface area is 164 Å². The number of allylic oxidation sites excluding steroid dienone is 1. The topological polar surface area (TPSA) is 74.7 Å². The van der Waals surface area contributed by atoms with Crippen molar-refractivity contribution >= 4 is 36.0 Å². The molecule has 0 aliphatic heterocycles. The molecule has 0 bridgehead atoms. The molecule has 0 aliphatic rings. The van der Waals surface area contributed by atoms with E-state index in [9.17, 15) is 14.0 Å². The van der Waals surface area contributed by atoms with Crippen LogP contribution in [-0.4, -0.2) is 42.6 Å². The van der Waals surface area contributed by atoms with E-state index >= 15 is 0 Å². The smallest absolute Gasteiger partial charge is 0.254 e. The van der Waals surface area contributed by atoms with Crippen LogP contribution in [0.5, 0.6) is 0 Å². The van der Waals surface area contributed by atoms with Crippen molar-refractivity contribution in [1.82, 2.24) is 10.3 Å². The lowest BCUT2D eigenvalue weighted by Crippen LogP contribution is -2.36. The molecular weight excluding hydrogens is 371 g/mol. The summed E-state index contributed by atoms with van der Waals surface area (Å²) in [6, 6.07) is 0.696. The van der Waals surface area contributed by atoms with E-state index in [1.165, 1.54) is 11.9 Å². The average Bonchev–Trinajstić information content (AvgIpc) is 2.63. The van der Waals surface area contributed by atoms with Gasteiger partial charge >= 0.3 is 0 Å². The second-order valence-electron chi connectivity index (χ2n) is 6.59. The van der Waals surface area contributed by atoms with Gasteiger partial charge in [-0.25, -0.2) is 9.37 Å². The number of amides is 2. The maximum Gasteiger partial charge on any atom is 0.254 e. The molecule has 1 heterocycles. The monoisotopic (exact) mass is 396 g/mol. The highest BCUT2D eigenvalue weighted by molar-refractivity contribution is 6.29. The van der Waals surface area contributed by atoms with Crippen molar-refractivity contribution in [3.8, 4) is 0 Å². The van der Waals surface area contributed by atoms with Gasteiger partial charge in [-0.15, -0.1) is 0 Å². The van der Waals surface area contributed by atoms with Gasteiger partial charge in [0, 0.05) is 19.3 Å². The third-order valence-electron chi connectivity index (χ3n) is 4.44. The zero-order valence-electron chi connectivity index (χ0n) is 16.5. The number of hydrogen-bond acceptors (Lipinski definition) is 4. The molecule has 2 amide bonds. The van der Waals surface area contributed by atoms with Crippen LogP contribution in [0.15, 0.2) is 22.7 Å². The molecule has 2 unspecified atom stereocenters. The van der Waals surface area contributed by atoms with E-state index in [2.05, 4.69) is 29.1 Å². The van der Waals surface area contributed by atoms with Gasteiger partial charge in [0.15, 0.2) is 11.0 Å². The summed E-state index contributed by atoms with van der Waals surface area (Å²) in [4.78, 5) is 33.4. The SMILES string of the molecule is CNC(=O)c1cc(F)c(Cl)nc1N(C=O)C(C)/C(C)=C\C=NC(C)C(C)C. The van der Waals surface area contributed by atoms with E-state index in [1.807, 2.05) is 13.8 Å². The minimum atomic E-state index is -0.834. The highest BCUT2D eigenvalue weighted by Gasteiger charge is 2.24. The van der Waals surface area contributed by atoms with Crippen molar-refractivity contribution in [2.45, 2.75) is 46.7 Å². The first kappa shape index (κ1) is 22.8. The van der Waals surface area contributed by atoms with Crippen molar-refractivity contribution in [1.29, 1.82) is 0 Å². The summed E-state index contributed by atoms with van der Waals surface area (Å²) in [6.07, 6.45) is 4.04. The summed E-state index contributed by atoms with van der Waals surface area (Å²) in [5.41, 5.74) is 0.736. The first-order valence-corrected chi connectivity index (χ1v) is 9.03. The fraction of sp³-hybridized carbons (Fsp3) is 0.474. The molecule has 0 saturated heterocycles. The van der Waals surface area contributed by atoms with Crippen molar-refractivity contribution in [2.24, 2.45) is 10.9 Å². The van der Waals surface area contributed by atoms with Crippen molar-refractivity contribution in [3.05, 3.63) is 34.2 Å². The molecule has 0 spiro atoms. The fourth-order valence-corrected chi connectivity index (χ4v) is 2.24. The first-order chi connectivity index (χ1) is 12.6. The van der Waals surface area contributed by atoms with E-state index < -0.39 is 22.9 Å². The van der Waals surface area contributed by atoms with Crippen molar-refractivity contribution < 1.29 is 14.0 Å². The van der Waals surface area contributed by atoms with Gasteiger partial charge in [-0.05, 0) is 44.4 Å². The Morgan fingerprint density at radius 3 is 2.52 bits per heavy atom. The molecule has 8 heteroatoms. The number of pyridine rings is 1. The van der Waals surface area contributed by atoms with Gasteiger partial charge in [0.05, 0.1) is 11.6 Å². The third kappa shape index (κ3) is 5.85. The quantitative estimate of drug-likeness (QED) is 0.414. The van der Waals surface area contributed by atoms with Crippen molar-refractivity contribution in [2.75, 3.05) is 11.9 Å². The zero-order valence-corrected chi connectivity index (χ0v) is 17.2. The molecule has 148 valence electrons. The number of halogens is 2. The maximum absolute atomic E-state index is 13.8. The number of aromatic nitrogens is 1. The van der Waals surface area contributed by atoms with Crippen molar-refractivity contribution in [3.63, 3.8) is 0 Å². The number of anilines is 1. The van der Waals surface area contributed by atoms with E-state index in [1.54, 1.807) is 19.2 Å². The van der Waals surface area contributed by atoms with Crippen LogP contribution in [0, 0.1) is 11.7 Å². The number of nitrogens with one attached hydrogen (secondary N) is 1. The van der Waals surface area contributed by atoms with Gasteiger partial charge in [0.25, 0.3) is 5.91 Å². The maximum atomic E-state index is 13.8. The minimum Gasteiger partial charge on any atom is -0.355 e. The molecule has 1 rings (SSSR count). The molecule has 0 aromatic carbocycles. The molecule has 1 N–H and O–H groups in total. The summed E-state index contributed by atoms with van der Waals surface area (Å²) in [5.74, 6) is -0.997. The zero-order chi connectivity index (χ0) is 20.7. The van der Waals surface area contributed by atoms with Crippen LogP contribution in [0.3, 0.4) is 0 Å². The number of carbonyl (C=O) groups excluding carboxylic acids is 2. The van der Waals surface area contributed by atoms with Gasteiger partial charge in [-0.1, -0.05) is 25.4 Å². The molecule has 0 saturated carbocycles. The number of carbonyl (C=O) groups is 2. The molecule has 1 aromatic rings. The Kier molecular flexibility index (Phi) is 8.56. The van der Waals surface area contributed by atoms with Crippen LogP contribution in [-0.2, 0) is 4.79 Å². The van der Waals surface area contributed by atoms with Gasteiger partial charge < -0.3 is 5.32 Å². The van der Waals surface area contributed by atoms with Crippen LogP contribution in [0.4, 0.5) is 10.2 Å². The summed E-state index contributed by atoms with van der Waals surface area (Å²) in [7, 11) is 1.41. The average molecular weight is 397 g/mol. The fourth-order valence-electron chi connectivity index (χ4n) is 2.11. The first-order valence-electron chi connectivity index (χ1n) is 8.65. The molecule has 27 heavy (non-hydrogen) atoms. The van der Waals surface area contributed by atoms with Gasteiger partial charge in [-0.2, -0.15) is 0 Å². The second kappa shape index (κ2) is 10.2. The molecule has 2 atom stereocenters. The standard InChI is InChI=1S/C19H26ClFN4O2/c1-11(2)13(4)23-8-7-12(3)14(5)25(10-26)18-15(19(27)22-6)9-16(21)17(20)24-18/h7-11,13-14H,1-6H3,(H,22,27)/b12-7-,23-8?. The number of aliphatic imine (C=N–C) groups is 1. The van der Waals surface area contributed by atoms with Gasteiger partial charge in [0.1, 0.15) is 5.82 Å². The summed E-state index contributed by atoms with van der Waals surface area (Å²) in [6.45, 7) is 9.79. The van der Waals surface area contributed by atoms with Crippen LogP contribution >= 0.6 is 11.6 Å². The highest BCUT2D eigenvalue weighted by Crippen LogP contribution is 2.26. The van der Waals surface area contributed by atoms with E-state index in [0.717, 1.165) is 11.6 Å². The summed E-state index contributed by atoms with van der Waals surface area (Å²) < 4.78 is 13.8. The van der Waals surface area contributed by atoms with E-state index in [4.69, 9.17) is 11.6 Å². The number of hydrogen-bond donors (Lipinski definition) is 1. The molecule has 0 radical (unpaired) electrons.